The predicted molar refractivity (Wildman–Crippen MR) is 41.2 cm³/mol. The molecule has 3 heteroatoms. The van der Waals surface area contributed by atoms with Crippen LogP contribution >= 0.6 is 0 Å². The number of ether oxygens (including phenoxy) is 2. The van der Waals surface area contributed by atoms with E-state index in [-0.39, 0.29) is 6.29 Å². The molecule has 0 aliphatic carbocycles. The van der Waals surface area contributed by atoms with Crippen molar-refractivity contribution in [3.63, 3.8) is 0 Å². The fourth-order valence-electron chi connectivity index (χ4n) is 1.17. The summed E-state index contributed by atoms with van der Waals surface area (Å²) in [6.45, 7) is 1.78. The van der Waals surface area contributed by atoms with E-state index in [1.165, 1.54) is 0 Å². The maximum Gasteiger partial charge on any atom is 0.157 e. The maximum absolute atomic E-state index is 8.50. The van der Waals surface area contributed by atoms with Crippen molar-refractivity contribution in [3.05, 3.63) is 0 Å². The Morgan fingerprint density at radius 1 is 1.09 bits per heavy atom. The molecule has 0 aromatic rings. The molecule has 0 bridgehead atoms. The van der Waals surface area contributed by atoms with Gasteiger partial charge in [-0.1, -0.05) is 6.42 Å². The summed E-state index contributed by atoms with van der Waals surface area (Å²) in [6, 6.07) is 0. The lowest BCUT2D eigenvalue weighted by Gasteiger charge is -2.07. The molecule has 0 unspecified atom stereocenters. The molecular weight excluding hydrogens is 144 g/mol. The van der Waals surface area contributed by atoms with Crippen LogP contribution in [0.4, 0.5) is 0 Å². The van der Waals surface area contributed by atoms with Crippen molar-refractivity contribution in [2.75, 3.05) is 19.8 Å². The topological polar surface area (TPSA) is 38.7 Å². The Hall–Kier alpha value is -0.120. The van der Waals surface area contributed by atoms with Gasteiger partial charge in [-0.2, -0.15) is 0 Å². The van der Waals surface area contributed by atoms with Crippen LogP contribution in [0.2, 0.25) is 0 Å². The molecule has 1 aliphatic rings. The standard InChI is InChI=1S/C8H16O3/c9-5-3-1-2-4-8-10-6-7-11-8/h8-9H,1-7H2. The van der Waals surface area contributed by atoms with Crippen molar-refractivity contribution in [1.29, 1.82) is 0 Å². The second-order valence-corrected chi connectivity index (χ2v) is 2.74. The van der Waals surface area contributed by atoms with E-state index in [9.17, 15) is 0 Å². The van der Waals surface area contributed by atoms with Crippen LogP contribution in [0.1, 0.15) is 25.7 Å². The molecule has 0 atom stereocenters. The molecule has 66 valence electrons. The highest BCUT2D eigenvalue weighted by Crippen LogP contribution is 2.11. The second kappa shape index (κ2) is 5.52. The summed E-state index contributed by atoms with van der Waals surface area (Å²) in [5, 5.41) is 8.50. The number of hydrogen-bond donors (Lipinski definition) is 1. The van der Waals surface area contributed by atoms with Gasteiger partial charge < -0.3 is 14.6 Å². The van der Waals surface area contributed by atoms with Gasteiger partial charge in [-0.05, 0) is 19.3 Å². The summed E-state index contributed by atoms with van der Waals surface area (Å²) >= 11 is 0. The molecular formula is C8H16O3. The van der Waals surface area contributed by atoms with E-state index in [2.05, 4.69) is 0 Å². The molecule has 1 saturated heterocycles. The van der Waals surface area contributed by atoms with Crippen molar-refractivity contribution < 1.29 is 14.6 Å². The average molecular weight is 160 g/mol. The Bertz CT molecular complexity index is 89.3. The van der Waals surface area contributed by atoms with Crippen LogP contribution in [-0.4, -0.2) is 31.2 Å². The van der Waals surface area contributed by atoms with Gasteiger partial charge in [-0.3, -0.25) is 0 Å². The molecule has 0 aromatic carbocycles. The van der Waals surface area contributed by atoms with Crippen molar-refractivity contribution in [1.82, 2.24) is 0 Å². The van der Waals surface area contributed by atoms with Crippen molar-refractivity contribution >= 4 is 0 Å². The summed E-state index contributed by atoms with van der Waals surface area (Å²) in [7, 11) is 0. The molecule has 0 saturated carbocycles. The summed E-state index contributed by atoms with van der Waals surface area (Å²) in [6.07, 6.45) is 4.06. The SMILES string of the molecule is OCCCCCC1OCCO1. The Balaban J connectivity index is 1.86. The lowest BCUT2D eigenvalue weighted by atomic mass is 10.2. The van der Waals surface area contributed by atoms with Crippen LogP contribution in [0.3, 0.4) is 0 Å². The van der Waals surface area contributed by atoms with Crippen LogP contribution in [0.15, 0.2) is 0 Å². The first kappa shape index (κ1) is 8.97. The zero-order chi connectivity index (χ0) is 7.94. The quantitative estimate of drug-likeness (QED) is 0.607. The number of hydrogen-bond acceptors (Lipinski definition) is 3. The lowest BCUT2D eigenvalue weighted by molar-refractivity contribution is -0.0481. The van der Waals surface area contributed by atoms with Crippen LogP contribution < -0.4 is 0 Å². The van der Waals surface area contributed by atoms with E-state index in [0.717, 1.165) is 38.9 Å². The number of aliphatic hydroxyl groups excluding tert-OH is 1. The third-order valence-corrected chi connectivity index (χ3v) is 1.79. The highest BCUT2D eigenvalue weighted by Gasteiger charge is 2.14. The molecule has 0 spiro atoms. The molecule has 1 rings (SSSR count). The van der Waals surface area contributed by atoms with Crippen LogP contribution in [0.5, 0.6) is 0 Å². The minimum atomic E-state index is 0.0358. The van der Waals surface area contributed by atoms with Gasteiger partial charge in [-0.25, -0.2) is 0 Å². The Morgan fingerprint density at radius 3 is 2.45 bits per heavy atom. The van der Waals surface area contributed by atoms with Gasteiger partial charge in [0.25, 0.3) is 0 Å². The van der Waals surface area contributed by atoms with E-state index >= 15 is 0 Å². The number of rotatable bonds is 5. The normalized spacial score (nSPS) is 19.4. The van der Waals surface area contributed by atoms with Gasteiger partial charge in [0.05, 0.1) is 13.2 Å². The van der Waals surface area contributed by atoms with Gasteiger partial charge in [0, 0.05) is 6.61 Å². The van der Waals surface area contributed by atoms with Gasteiger partial charge in [-0.15, -0.1) is 0 Å². The summed E-state index contributed by atoms with van der Waals surface area (Å²) in [5.41, 5.74) is 0. The first-order chi connectivity index (χ1) is 5.43. The highest BCUT2D eigenvalue weighted by molar-refractivity contribution is 4.52. The molecule has 0 aromatic heterocycles. The monoisotopic (exact) mass is 160 g/mol. The predicted octanol–water partition coefficient (Wildman–Crippen LogP) is 0.912. The molecule has 0 radical (unpaired) electrons. The third kappa shape index (κ3) is 3.70. The molecule has 1 fully saturated rings. The van der Waals surface area contributed by atoms with Gasteiger partial charge in [0.15, 0.2) is 6.29 Å². The zero-order valence-electron chi connectivity index (χ0n) is 6.79. The van der Waals surface area contributed by atoms with E-state index in [4.69, 9.17) is 14.6 Å². The molecule has 1 N–H and O–H groups in total. The summed E-state index contributed by atoms with van der Waals surface area (Å²) in [5.74, 6) is 0. The third-order valence-electron chi connectivity index (χ3n) is 1.79. The minimum Gasteiger partial charge on any atom is -0.396 e. The molecule has 1 heterocycles. The van der Waals surface area contributed by atoms with Crippen molar-refractivity contribution in [3.8, 4) is 0 Å². The first-order valence-electron chi connectivity index (χ1n) is 4.27. The zero-order valence-corrected chi connectivity index (χ0v) is 6.79. The highest BCUT2D eigenvalue weighted by atomic mass is 16.7. The molecule has 1 aliphatic heterocycles. The van der Waals surface area contributed by atoms with Gasteiger partial charge in [0.2, 0.25) is 0 Å². The first-order valence-corrected chi connectivity index (χ1v) is 4.27. The smallest absolute Gasteiger partial charge is 0.157 e. The molecule has 0 amide bonds. The molecule has 3 nitrogen and oxygen atoms in total. The Morgan fingerprint density at radius 2 is 1.82 bits per heavy atom. The van der Waals surface area contributed by atoms with E-state index < -0.39 is 0 Å². The van der Waals surface area contributed by atoms with Crippen LogP contribution in [-0.2, 0) is 9.47 Å². The van der Waals surface area contributed by atoms with Crippen molar-refractivity contribution in [2.45, 2.75) is 32.0 Å². The largest absolute Gasteiger partial charge is 0.396 e. The van der Waals surface area contributed by atoms with Gasteiger partial charge >= 0.3 is 0 Å². The number of unbranched alkanes of at least 4 members (excludes halogenated alkanes) is 2. The van der Waals surface area contributed by atoms with Crippen LogP contribution in [0, 0.1) is 0 Å². The lowest BCUT2D eigenvalue weighted by Crippen LogP contribution is -2.06. The number of aliphatic hydroxyl groups is 1. The fourth-order valence-corrected chi connectivity index (χ4v) is 1.17. The van der Waals surface area contributed by atoms with Crippen molar-refractivity contribution in [2.24, 2.45) is 0 Å². The van der Waals surface area contributed by atoms with E-state index in [1.54, 1.807) is 0 Å². The van der Waals surface area contributed by atoms with E-state index in [1.807, 2.05) is 0 Å². The Labute approximate surface area is 67.3 Å². The van der Waals surface area contributed by atoms with E-state index in [0.29, 0.717) is 6.61 Å². The maximum atomic E-state index is 8.50. The Kier molecular flexibility index (Phi) is 4.50. The van der Waals surface area contributed by atoms with Crippen LogP contribution in [0.25, 0.3) is 0 Å². The summed E-state index contributed by atoms with van der Waals surface area (Å²) < 4.78 is 10.5. The minimum absolute atomic E-state index is 0.0358. The average Bonchev–Trinajstić information content (AvgIpc) is 2.50. The summed E-state index contributed by atoms with van der Waals surface area (Å²) in [4.78, 5) is 0. The second-order valence-electron chi connectivity index (χ2n) is 2.74. The van der Waals surface area contributed by atoms with Gasteiger partial charge in [0.1, 0.15) is 0 Å². The molecule has 11 heavy (non-hydrogen) atoms. The fraction of sp³-hybridized carbons (Fsp3) is 1.00.